The lowest BCUT2D eigenvalue weighted by molar-refractivity contribution is -0.149. The van der Waals surface area contributed by atoms with Gasteiger partial charge >= 0.3 is 5.97 Å². The Bertz CT molecular complexity index is 780. The molecule has 1 amide bonds. The molecule has 9 heteroatoms. The van der Waals surface area contributed by atoms with E-state index in [0.717, 1.165) is 0 Å². The van der Waals surface area contributed by atoms with Crippen molar-refractivity contribution in [3.63, 3.8) is 0 Å². The summed E-state index contributed by atoms with van der Waals surface area (Å²) < 4.78 is 10.0. The molecule has 0 bridgehead atoms. The maximum Gasteiger partial charge on any atom is 0.344 e. The van der Waals surface area contributed by atoms with Crippen molar-refractivity contribution in [2.75, 3.05) is 18.5 Å². The second kappa shape index (κ2) is 9.15. The molecule has 2 aromatic carbocycles. The second-order valence-electron chi connectivity index (χ2n) is 4.70. The van der Waals surface area contributed by atoms with Crippen molar-refractivity contribution in [2.45, 2.75) is 0 Å². The molecule has 25 heavy (non-hydrogen) atoms. The summed E-state index contributed by atoms with van der Waals surface area (Å²) in [5, 5.41) is 3.79. The third-order valence-electron chi connectivity index (χ3n) is 2.81. The van der Waals surface area contributed by atoms with E-state index in [0.29, 0.717) is 10.7 Å². The Balaban J connectivity index is 1.78. The highest BCUT2D eigenvalue weighted by atomic mass is 35.5. The molecule has 0 atom stereocenters. The van der Waals surface area contributed by atoms with Crippen LogP contribution in [0.4, 0.5) is 5.69 Å². The minimum absolute atomic E-state index is 0.179. The largest absolute Gasteiger partial charge is 0.480 e. The van der Waals surface area contributed by atoms with Gasteiger partial charge in [0.2, 0.25) is 0 Å². The van der Waals surface area contributed by atoms with Gasteiger partial charge in [-0.05, 0) is 30.3 Å². The third-order valence-corrected chi connectivity index (χ3v) is 4.08. The highest BCUT2D eigenvalue weighted by Crippen LogP contribution is 2.33. The van der Waals surface area contributed by atoms with Gasteiger partial charge in [-0.15, -0.1) is 0 Å². The lowest BCUT2D eigenvalue weighted by Gasteiger charge is -2.10. The highest BCUT2D eigenvalue weighted by Gasteiger charge is 2.12. The summed E-state index contributed by atoms with van der Waals surface area (Å²) in [6, 6.07) is 9.27. The Morgan fingerprint density at radius 2 is 1.52 bits per heavy atom. The lowest BCUT2D eigenvalue weighted by Crippen LogP contribution is -2.23. The summed E-state index contributed by atoms with van der Waals surface area (Å²) >= 11 is 23.3. The van der Waals surface area contributed by atoms with Gasteiger partial charge in [0.1, 0.15) is 5.75 Å². The van der Waals surface area contributed by atoms with Crippen molar-refractivity contribution in [1.82, 2.24) is 0 Å². The molecular formula is C16H11Cl4NO4. The van der Waals surface area contributed by atoms with Crippen LogP contribution in [0.15, 0.2) is 36.4 Å². The van der Waals surface area contributed by atoms with Gasteiger partial charge in [-0.1, -0.05) is 46.4 Å². The monoisotopic (exact) mass is 421 g/mol. The van der Waals surface area contributed by atoms with E-state index in [1.807, 2.05) is 0 Å². The van der Waals surface area contributed by atoms with Crippen LogP contribution >= 0.6 is 46.4 Å². The van der Waals surface area contributed by atoms with Crippen LogP contribution in [0, 0.1) is 0 Å². The van der Waals surface area contributed by atoms with E-state index in [2.05, 4.69) is 5.32 Å². The normalized spacial score (nSPS) is 10.2. The minimum Gasteiger partial charge on any atom is -0.480 e. The minimum atomic E-state index is -0.742. The third kappa shape index (κ3) is 6.29. The van der Waals surface area contributed by atoms with Crippen molar-refractivity contribution < 1.29 is 19.1 Å². The van der Waals surface area contributed by atoms with Gasteiger partial charge in [-0.3, -0.25) is 4.79 Å². The zero-order valence-electron chi connectivity index (χ0n) is 12.5. The molecule has 0 spiro atoms. The van der Waals surface area contributed by atoms with Crippen LogP contribution in [-0.2, 0) is 14.3 Å². The first-order valence-electron chi connectivity index (χ1n) is 6.83. The molecule has 2 aromatic rings. The van der Waals surface area contributed by atoms with Gasteiger partial charge in [0.05, 0.1) is 15.1 Å². The molecule has 0 aliphatic rings. The van der Waals surface area contributed by atoms with Crippen LogP contribution in [0.25, 0.3) is 0 Å². The zero-order valence-corrected chi connectivity index (χ0v) is 15.5. The first kappa shape index (κ1) is 19.7. The first-order chi connectivity index (χ1) is 11.8. The lowest BCUT2D eigenvalue weighted by atomic mass is 10.3. The van der Waals surface area contributed by atoms with Crippen LogP contribution in [-0.4, -0.2) is 25.1 Å². The quantitative estimate of drug-likeness (QED) is 0.533. The summed E-state index contributed by atoms with van der Waals surface area (Å²) in [5.74, 6) is -1.06. The molecule has 0 aromatic heterocycles. The fraction of sp³-hybridized carbons (Fsp3) is 0.125. The number of carbonyl (C=O) groups is 2. The number of benzene rings is 2. The van der Waals surface area contributed by atoms with Crippen molar-refractivity contribution in [3.05, 3.63) is 56.5 Å². The predicted molar refractivity (Wildman–Crippen MR) is 98.0 cm³/mol. The van der Waals surface area contributed by atoms with Crippen LogP contribution in [0.3, 0.4) is 0 Å². The van der Waals surface area contributed by atoms with Gasteiger partial charge in [-0.2, -0.15) is 0 Å². The molecule has 5 nitrogen and oxygen atoms in total. The Labute approximate surface area is 163 Å². The Morgan fingerprint density at radius 3 is 2.20 bits per heavy atom. The van der Waals surface area contributed by atoms with Crippen LogP contribution in [0.2, 0.25) is 20.1 Å². The molecule has 0 radical (unpaired) electrons. The summed E-state index contributed by atoms with van der Waals surface area (Å²) in [6.45, 7) is -0.897. The maximum absolute atomic E-state index is 11.7. The number of rotatable bonds is 6. The average Bonchev–Trinajstić information content (AvgIpc) is 2.57. The van der Waals surface area contributed by atoms with Crippen LogP contribution in [0.1, 0.15) is 0 Å². The maximum atomic E-state index is 11.7. The van der Waals surface area contributed by atoms with E-state index in [-0.39, 0.29) is 20.8 Å². The van der Waals surface area contributed by atoms with Gasteiger partial charge < -0.3 is 14.8 Å². The molecule has 0 saturated carbocycles. The van der Waals surface area contributed by atoms with Crippen LogP contribution < -0.4 is 10.1 Å². The molecule has 0 unspecified atom stereocenters. The zero-order chi connectivity index (χ0) is 18.4. The molecule has 132 valence electrons. The summed E-state index contributed by atoms with van der Waals surface area (Å²) in [5.41, 5.74) is 0.532. The van der Waals surface area contributed by atoms with Crippen molar-refractivity contribution >= 4 is 64.0 Å². The number of ether oxygens (including phenoxy) is 2. The number of hydrogen-bond acceptors (Lipinski definition) is 4. The average molecular weight is 423 g/mol. The number of hydrogen-bond donors (Lipinski definition) is 1. The number of carbonyl (C=O) groups excluding carboxylic acids is 2. The smallest absolute Gasteiger partial charge is 0.344 e. The molecule has 0 saturated heterocycles. The molecular weight excluding hydrogens is 412 g/mol. The number of amides is 1. The van der Waals surface area contributed by atoms with Crippen molar-refractivity contribution in [3.8, 4) is 5.75 Å². The molecule has 0 fully saturated rings. The van der Waals surface area contributed by atoms with Crippen molar-refractivity contribution in [2.24, 2.45) is 0 Å². The molecule has 0 heterocycles. The number of anilines is 1. The number of nitrogens with one attached hydrogen (secondary N) is 1. The van der Waals surface area contributed by atoms with Crippen molar-refractivity contribution in [1.29, 1.82) is 0 Å². The number of esters is 1. The van der Waals surface area contributed by atoms with E-state index in [1.165, 1.54) is 12.1 Å². The molecule has 1 N–H and O–H groups in total. The van der Waals surface area contributed by atoms with Gasteiger partial charge in [0.25, 0.3) is 5.91 Å². The summed E-state index contributed by atoms with van der Waals surface area (Å²) in [6.07, 6.45) is 0. The van der Waals surface area contributed by atoms with Gasteiger partial charge in [-0.25, -0.2) is 4.79 Å². The van der Waals surface area contributed by atoms with Gasteiger partial charge in [0.15, 0.2) is 13.2 Å². The number of halogens is 4. The Morgan fingerprint density at radius 1 is 0.880 bits per heavy atom. The van der Waals surface area contributed by atoms with E-state index in [4.69, 9.17) is 55.9 Å². The van der Waals surface area contributed by atoms with E-state index >= 15 is 0 Å². The fourth-order valence-electron chi connectivity index (χ4n) is 1.67. The van der Waals surface area contributed by atoms with E-state index < -0.39 is 25.1 Å². The summed E-state index contributed by atoms with van der Waals surface area (Å²) in [4.78, 5) is 23.3. The summed E-state index contributed by atoms with van der Waals surface area (Å²) in [7, 11) is 0. The van der Waals surface area contributed by atoms with E-state index in [9.17, 15) is 9.59 Å². The Kier molecular flexibility index (Phi) is 7.20. The van der Waals surface area contributed by atoms with Gasteiger partial charge in [0, 0.05) is 16.8 Å². The molecule has 2 rings (SSSR count). The highest BCUT2D eigenvalue weighted by molar-refractivity contribution is 6.43. The predicted octanol–water partition coefficient (Wildman–Crippen LogP) is 4.86. The molecule has 0 aliphatic heterocycles. The Hall–Kier alpha value is -1.66. The topological polar surface area (TPSA) is 64.6 Å². The second-order valence-corrected chi connectivity index (χ2v) is 6.36. The SMILES string of the molecule is O=C(COC(=O)COc1cc(Cl)c(Cl)cc1Cl)Nc1ccc(Cl)cc1. The fourth-order valence-corrected chi connectivity index (χ4v) is 2.39. The van der Waals surface area contributed by atoms with E-state index in [1.54, 1.807) is 24.3 Å². The first-order valence-corrected chi connectivity index (χ1v) is 8.34. The standard InChI is InChI=1S/C16H11Cl4NO4/c17-9-1-3-10(4-2-9)21-15(22)7-25-16(23)8-24-14-6-12(19)11(18)5-13(14)20/h1-6H,7-8H2,(H,21,22). The molecule has 0 aliphatic carbocycles. The van der Waals surface area contributed by atoms with Crippen LogP contribution in [0.5, 0.6) is 5.75 Å².